The van der Waals surface area contributed by atoms with Crippen molar-refractivity contribution in [3.05, 3.63) is 0 Å². The van der Waals surface area contributed by atoms with Gasteiger partial charge in [0, 0.05) is 20.4 Å². The van der Waals surface area contributed by atoms with Gasteiger partial charge in [0.2, 0.25) is 0 Å². The number of esters is 1. The minimum absolute atomic E-state index is 0.0122. The predicted octanol–water partition coefficient (Wildman–Crippen LogP) is 2.94. The molecule has 0 aliphatic carbocycles. The van der Waals surface area contributed by atoms with Gasteiger partial charge >= 0.3 is 17.8 Å². The molecular weight excluding hydrogens is 266 g/mol. The molecular formula is C12H21F4NO2. The van der Waals surface area contributed by atoms with E-state index in [1.165, 1.54) is 0 Å². The number of ether oxygens (including phenoxy) is 1. The Morgan fingerprint density at radius 3 is 2.00 bits per heavy atom. The van der Waals surface area contributed by atoms with Gasteiger partial charge in [0.15, 0.2) is 0 Å². The Morgan fingerprint density at radius 1 is 1.21 bits per heavy atom. The molecule has 0 saturated heterocycles. The fraction of sp³-hybridized carbons (Fsp3) is 0.917. The smallest absolute Gasteiger partial charge is 0.313 e. The molecule has 0 amide bonds. The topological polar surface area (TPSA) is 29.5 Å². The van der Waals surface area contributed by atoms with Gasteiger partial charge in [-0.1, -0.05) is 13.8 Å². The van der Waals surface area contributed by atoms with Crippen LogP contribution in [0, 0.1) is 0 Å². The Kier molecular flexibility index (Phi) is 6.76. The SMILES string of the molecule is CCN(CC)CC(CC(F)(F)C(C)(F)F)OC(C)=O. The molecule has 0 aromatic heterocycles. The molecule has 0 heterocycles. The number of hydrogen-bond acceptors (Lipinski definition) is 3. The monoisotopic (exact) mass is 287 g/mol. The van der Waals surface area contributed by atoms with Gasteiger partial charge in [0.05, 0.1) is 6.42 Å². The van der Waals surface area contributed by atoms with E-state index in [0.717, 1.165) is 6.92 Å². The third kappa shape index (κ3) is 6.22. The molecule has 1 atom stereocenters. The van der Waals surface area contributed by atoms with Gasteiger partial charge in [0.25, 0.3) is 0 Å². The van der Waals surface area contributed by atoms with E-state index in [9.17, 15) is 22.4 Å². The molecule has 0 aromatic carbocycles. The van der Waals surface area contributed by atoms with Gasteiger partial charge in [-0.05, 0) is 13.1 Å². The first kappa shape index (κ1) is 18.1. The van der Waals surface area contributed by atoms with E-state index in [-0.39, 0.29) is 13.5 Å². The highest BCUT2D eigenvalue weighted by Crippen LogP contribution is 2.37. The van der Waals surface area contributed by atoms with Crippen LogP contribution in [0.2, 0.25) is 0 Å². The average molecular weight is 287 g/mol. The van der Waals surface area contributed by atoms with Crippen LogP contribution in [-0.2, 0) is 9.53 Å². The van der Waals surface area contributed by atoms with Crippen LogP contribution in [0.4, 0.5) is 17.6 Å². The molecule has 0 rings (SSSR count). The Morgan fingerprint density at radius 2 is 1.68 bits per heavy atom. The number of rotatable bonds is 8. The van der Waals surface area contributed by atoms with E-state index in [1.807, 2.05) is 0 Å². The lowest BCUT2D eigenvalue weighted by atomic mass is 10.1. The van der Waals surface area contributed by atoms with Crippen LogP contribution in [0.1, 0.15) is 34.1 Å². The first-order chi connectivity index (χ1) is 8.53. The molecule has 0 bridgehead atoms. The zero-order valence-electron chi connectivity index (χ0n) is 11.7. The Hall–Kier alpha value is -0.850. The van der Waals surface area contributed by atoms with Crippen molar-refractivity contribution in [1.82, 2.24) is 4.90 Å². The van der Waals surface area contributed by atoms with Crippen molar-refractivity contribution < 1.29 is 27.1 Å². The van der Waals surface area contributed by atoms with Crippen LogP contribution in [0.3, 0.4) is 0 Å². The van der Waals surface area contributed by atoms with Gasteiger partial charge < -0.3 is 9.64 Å². The van der Waals surface area contributed by atoms with Crippen molar-refractivity contribution in [2.24, 2.45) is 0 Å². The molecule has 0 saturated carbocycles. The fourth-order valence-electron chi connectivity index (χ4n) is 1.61. The first-order valence-corrected chi connectivity index (χ1v) is 6.18. The van der Waals surface area contributed by atoms with Crippen molar-refractivity contribution in [2.75, 3.05) is 19.6 Å². The van der Waals surface area contributed by atoms with Gasteiger partial charge in [-0.15, -0.1) is 0 Å². The van der Waals surface area contributed by atoms with Crippen molar-refractivity contribution in [1.29, 1.82) is 0 Å². The highest BCUT2D eigenvalue weighted by atomic mass is 19.3. The molecule has 1 unspecified atom stereocenters. The molecule has 19 heavy (non-hydrogen) atoms. The highest BCUT2D eigenvalue weighted by Gasteiger charge is 2.53. The second-order valence-corrected chi connectivity index (χ2v) is 4.51. The molecule has 3 nitrogen and oxygen atoms in total. The highest BCUT2D eigenvalue weighted by molar-refractivity contribution is 5.66. The molecule has 114 valence electrons. The summed E-state index contributed by atoms with van der Waals surface area (Å²) < 4.78 is 57.0. The second-order valence-electron chi connectivity index (χ2n) is 4.51. The molecule has 7 heteroatoms. The Bertz CT molecular complexity index is 288. The summed E-state index contributed by atoms with van der Waals surface area (Å²) in [5.74, 6) is -9.11. The summed E-state index contributed by atoms with van der Waals surface area (Å²) in [7, 11) is 0. The van der Waals surface area contributed by atoms with E-state index in [2.05, 4.69) is 0 Å². The van der Waals surface area contributed by atoms with Crippen molar-refractivity contribution >= 4 is 5.97 Å². The summed E-state index contributed by atoms with van der Waals surface area (Å²) in [6.07, 6.45) is -2.44. The van der Waals surface area contributed by atoms with Gasteiger partial charge in [-0.2, -0.15) is 8.78 Å². The van der Waals surface area contributed by atoms with Crippen molar-refractivity contribution in [3.8, 4) is 0 Å². The number of nitrogens with zero attached hydrogens (tertiary/aromatic N) is 1. The predicted molar refractivity (Wildman–Crippen MR) is 63.5 cm³/mol. The lowest BCUT2D eigenvalue weighted by Crippen LogP contribution is -2.45. The number of likely N-dealkylation sites (N-methyl/N-ethyl adjacent to an activating group) is 1. The number of carbonyl (C=O) groups excluding carboxylic acids is 1. The lowest BCUT2D eigenvalue weighted by Gasteiger charge is -2.30. The van der Waals surface area contributed by atoms with Crippen LogP contribution in [0.5, 0.6) is 0 Å². The fourth-order valence-corrected chi connectivity index (χ4v) is 1.61. The maximum atomic E-state index is 13.3. The van der Waals surface area contributed by atoms with E-state index >= 15 is 0 Å². The third-order valence-electron chi connectivity index (χ3n) is 2.82. The van der Waals surface area contributed by atoms with Crippen LogP contribution in [0.15, 0.2) is 0 Å². The maximum Gasteiger partial charge on any atom is 0.313 e. The quantitative estimate of drug-likeness (QED) is 0.508. The van der Waals surface area contributed by atoms with Crippen LogP contribution < -0.4 is 0 Å². The van der Waals surface area contributed by atoms with Crippen LogP contribution >= 0.6 is 0 Å². The van der Waals surface area contributed by atoms with E-state index in [1.54, 1.807) is 18.7 Å². The molecule has 0 aromatic rings. The van der Waals surface area contributed by atoms with Gasteiger partial charge in [-0.25, -0.2) is 8.78 Å². The molecule has 0 N–H and O–H groups in total. The zero-order valence-corrected chi connectivity index (χ0v) is 11.7. The second kappa shape index (κ2) is 7.07. The van der Waals surface area contributed by atoms with E-state index < -0.39 is 30.3 Å². The summed E-state index contributed by atoms with van der Waals surface area (Å²) >= 11 is 0. The Labute approximate surface area is 110 Å². The summed E-state index contributed by atoms with van der Waals surface area (Å²) in [6, 6.07) is 0. The zero-order chi connectivity index (χ0) is 15.3. The molecule has 0 aliphatic rings. The molecule has 0 spiro atoms. The normalized spacial score (nSPS) is 14.6. The number of carbonyl (C=O) groups is 1. The molecule has 0 fully saturated rings. The van der Waals surface area contributed by atoms with Gasteiger partial charge in [0.1, 0.15) is 6.10 Å². The van der Waals surface area contributed by atoms with Crippen molar-refractivity contribution in [3.63, 3.8) is 0 Å². The minimum atomic E-state index is -4.21. The van der Waals surface area contributed by atoms with Crippen LogP contribution in [0.25, 0.3) is 0 Å². The minimum Gasteiger partial charge on any atom is -0.461 e. The summed E-state index contributed by atoms with van der Waals surface area (Å²) in [6.45, 7) is 5.97. The Balaban J connectivity index is 4.81. The van der Waals surface area contributed by atoms with E-state index in [0.29, 0.717) is 13.1 Å². The summed E-state index contributed by atoms with van der Waals surface area (Å²) in [5, 5.41) is 0. The lowest BCUT2D eigenvalue weighted by molar-refractivity contribution is -0.215. The third-order valence-corrected chi connectivity index (χ3v) is 2.82. The summed E-state index contributed by atoms with van der Waals surface area (Å²) in [5.41, 5.74) is 0. The first-order valence-electron chi connectivity index (χ1n) is 6.18. The van der Waals surface area contributed by atoms with Crippen LogP contribution in [-0.4, -0.2) is 48.5 Å². The van der Waals surface area contributed by atoms with Crippen molar-refractivity contribution in [2.45, 2.75) is 52.1 Å². The number of halogens is 4. The average Bonchev–Trinajstić information content (AvgIpc) is 2.22. The maximum absolute atomic E-state index is 13.3. The van der Waals surface area contributed by atoms with E-state index in [4.69, 9.17) is 4.74 Å². The standard InChI is InChI=1S/C12H21F4NO2/c1-5-17(6-2)8-10(19-9(3)18)7-12(15,16)11(4,13)14/h10H,5-8H2,1-4H3. The molecule has 0 aliphatic heterocycles. The number of alkyl halides is 4. The largest absolute Gasteiger partial charge is 0.461 e. The van der Waals surface area contributed by atoms with Gasteiger partial charge in [-0.3, -0.25) is 4.79 Å². The number of hydrogen-bond donors (Lipinski definition) is 0. The molecule has 0 radical (unpaired) electrons. The summed E-state index contributed by atoms with van der Waals surface area (Å²) in [4.78, 5) is 12.6.